The molecular formula is C17H12F2O4S. The predicted molar refractivity (Wildman–Crippen MR) is 87.5 cm³/mol. The second-order valence-electron chi connectivity index (χ2n) is 5.09. The lowest BCUT2D eigenvalue weighted by atomic mass is 10.0. The number of benzene rings is 3. The summed E-state index contributed by atoms with van der Waals surface area (Å²) in [4.78, 5) is 11.3. The summed E-state index contributed by atoms with van der Waals surface area (Å²) < 4.78 is 34.2. The molecule has 0 aliphatic rings. The molecule has 0 heterocycles. The van der Waals surface area contributed by atoms with Crippen molar-refractivity contribution >= 4 is 39.6 Å². The lowest BCUT2D eigenvalue weighted by Crippen LogP contribution is -2.27. The highest BCUT2D eigenvalue weighted by molar-refractivity contribution is 7.96. The Kier molecular flexibility index (Phi) is 4.66. The van der Waals surface area contributed by atoms with Gasteiger partial charge < -0.3 is 4.74 Å². The maximum Gasteiger partial charge on any atom is 0.415 e. The van der Waals surface area contributed by atoms with E-state index in [0.717, 1.165) is 21.5 Å². The molecule has 0 saturated carbocycles. The van der Waals surface area contributed by atoms with Crippen molar-refractivity contribution in [2.45, 2.75) is 11.9 Å². The zero-order valence-corrected chi connectivity index (χ0v) is 13.1. The van der Waals surface area contributed by atoms with Crippen LogP contribution in [0.2, 0.25) is 0 Å². The molecule has 3 aromatic carbocycles. The molecule has 0 unspecified atom stereocenters. The van der Waals surface area contributed by atoms with E-state index in [0.29, 0.717) is 5.56 Å². The van der Waals surface area contributed by atoms with E-state index in [1.807, 2.05) is 42.5 Å². The van der Waals surface area contributed by atoms with Crippen LogP contribution in [0.5, 0.6) is 0 Å². The van der Waals surface area contributed by atoms with Crippen LogP contribution in [-0.4, -0.2) is 16.5 Å². The van der Waals surface area contributed by atoms with E-state index in [2.05, 4.69) is 9.07 Å². The molecule has 0 saturated heterocycles. The first-order valence-corrected chi connectivity index (χ1v) is 7.70. The molecule has 0 aliphatic carbocycles. The van der Waals surface area contributed by atoms with Gasteiger partial charge in [0.15, 0.2) is 0 Å². The second-order valence-corrected chi connectivity index (χ2v) is 5.92. The van der Waals surface area contributed by atoms with Gasteiger partial charge in [0.25, 0.3) is 0 Å². The van der Waals surface area contributed by atoms with E-state index in [-0.39, 0.29) is 6.61 Å². The summed E-state index contributed by atoms with van der Waals surface area (Å²) in [6.45, 7) is -0.306. The summed E-state index contributed by atoms with van der Waals surface area (Å²) in [7, 11) is 0. The van der Waals surface area contributed by atoms with Crippen LogP contribution in [-0.2, 0) is 20.5 Å². The normalized spacial score (nSPS) is 11.8. The molecule has 7 heteroatoms. The minimum Gasteiger partial charge on any atom is -0.456 e. The highest BCUT2D eigenvalue weighted by atomic mass is 32.2. The van der Waals surface area contributed by atoms with Crippen LogP contribution in [0.3, 0.4) is 0 Å². The van der Waals surface area contributed by atoms with Crippen molar-refractivity contribution in [2.75, 3.05) is 0 Å². The molecule has 3 rings (SSSR count). The molecule has 3 aromatic rings. The molecular weight excluding hydrogens is 338 g/mol. The quantitative estimate of drug-likeness (QED) is 0.236. The molecule has 0 radical (unpaired) electrons. The molecule has 0 amide bonds. The third-order valence-electron chi connectivity index (χ3n) is 3.56. The predicted octanol–water partition coefficient (Wildman–Crippen LogP) is 4.77. The summed E-state index contributed by atoms with van der Waals surface area (Å²) in [6, 6.07) is 17.1. The fourth-order valence-corrected chi connectivity index (χ4v) is 2.67. The van der Waals surface area contributed by atoms with E-state index < -0.39 is 23.3 Å². The lowest BCUT2D eigenvalue weighted by molar-refractivity contribution is -0.166. The van der Waals surface area contributed by atoms with Crippen molar-refractivity contribution in [3.63, 3.8) is 0 Å². The number of rotatable bonds is 5. The van der Waals surface area contributed by atoms with Crippen LogP contribution in [0, 0.1) is 0 Å². The Balaban J connectivity index is 1.86. The smallest absolute Gasteiger partial charge is 0.415 e. The molecule has 0 bridgehead atoms. The molecule has 0 atom stereocenters. The van der Waals surface area contributed by atoms with Gasteiger partial charge in [0.1, 0.15) is 18.6 Å². The van der Waals surface area contributed by atoms with Gasteiger partial charge in [-0.2, -0.15) is 13.1 Å². The van der Waals surface area contributed by atoms with E-state index in [1.54, 1.807) is 12.1 Å². The number of alkyl halides is 2. The van der Waals surface area contributed by atoms with Crippen LogP contribution >= 0.6 is 12.0 Å². The topological polar surface area (TPSA) is 55.8 Å². The first-order valence-electron chi connectivity index (χ1n) is 6.96. The van der Waals surface area contributed by atoms with Crippen LogP contribution in [0.15, 0.2) is 54.6 Å². The largest absolute Gasteiger partial charge is 0.456 e. The van der Waals surface area contributed by atoms with E-state index >= 15 is 0 Å². The van der Waals surface area contributed by atoms with Crippen LogP contribution in [0.25, 0.3) is 21.5 Å². The molecule has 0 aliphatic heterocycles. The Hall–Kier alpha value is -2.22. The summed E-state index contributed by atoms with van der Waals surface area (Å²) in [6.07, 6.45) is 0. The third kappa shape index (κ3) is 3.33. The van der Waals surface area contributed by atoms with Crippen molar-refractivity contribution in [3.8, 4) is 0 Å². The van der Waals surface area contributed by atoms with Crippen molar-refractivity contribution < 1.29 is 27.9 Å². The molecule has 0 spiro atoms. The van der Waals surface area contributed by atoms with Crippen molar-refractivity contribution in [1.29, 1.82) is 0 Å². The number of carbonyl (C=O) groups is 1. The van der Waals surface area contributed by atoms with Gasteiger partial charge >= 0.3 is 11.2 Å². The average Bonchev–Trinajstić information content (AvgIpc) is 2.59. The fourth-order valence-electron chi connectivity index (χ4n) is 2.45. The number of fused-ring (bicyclic) bond motifs is 3. The SMILES string of the molecule is O=C(OCc1ccc2ccc3ccccc3c2c1)C(F)(F)SOO. The molecule has 24 heavy (non-hydrogen) atoms. The van der Waals surface area contributed by atoms with Gasteiger partial charge in [-0.3, -0.25) is 0 Å². The first-order chi connectivity index (χ1) is 11.5. The lowest BCUT2D eigenvalue weighted by Gasteiger charge is -2.12. The first kappa shape index (κ1) is 16.6. The maximum atomic E-state index is 13.2. The summed E-state index contributed by atoms with van der Waals surface area (Å²) in [5.41, 5.74) is 0.581. The van der Waals surface area contributed by atoms with Gasteiger partial charge in [-0.15, -0.1) is 0 Å². The zero-order valence-electron chi connectivity index (χ0n) is 12.2. The van der Waals surface area contributed by atoms with Crippen molar-refractivity contribution in [3.05, 3.63) is 60.2 Å². The Morgan fingerprint density at radius 3 is 2.46 bits per heavy atom. The number of hydrogen-bond donors (Lipinski definition) is 1. The van der Waals surface area contributed by atoms with Crippen molar-refractivity contribution in [2.24, 2.45) is 0 Å². The number of halogens is 2. The van der Waals surface area contributed by atoms with E-state index in [4.69, 9.17) is 5.26 Å². The molecule has 124 valence electrons. The number of esters is 1. The molecule has 4 nitrogen and oxygen atoms in total. The summed E-state index contributed by atoms with van der Waals surface area (Å²) in [5, 5.41) is 8.08. The Morgan fingerprint density at radius 1 is 1.04 bits per heavy atom. The highest BCUT2D eigenvalue weighted by Crippen LogP contribution is 2.31. The fraction of sp³-hybridized carbons (Fsp3) is 0.118. The summed E-state index contributed by atoms with van der Waals surface area (Å²) in [5.74, 6) is -1.78. The third-order valence-corrected chi connectivity index (χ3v) is 4.01. The Morgan fingerprint density at radius 2 is 1.71 bits per heavy atom. The van der Waals surface area contributed by atoms with Gasteiger partial charge in [-0.1, -0.05) is 48.5 Å². The van der Waals surface area contributed by atoms with E-state index in [9.17, 15) is 13.6 Å². The molecule has 0 aromatic heterocycles. The Bertz CT molecular complexity index is 898. The van der Waals surface area contributed by atoms with E-state index in [1.165, 1.54) is 0 Å². The molecule has 0 fully saturated rings. The maximum absolute atomic E-state index is 13.2. The zero-order chi connectivity index (χ0) is 17.2. The van der Waals surface area contributed by atoms with Gasteiger partial charge in [-0.25, -0.2) is 10.1 Å². The monoisotopic (exact) mass is 350 g/mol. The van der Waals surface area contributed by atoms with Gasteiger partial charge in [0, 0.05) is 0 Å². The minimum atomic E-state index is -3.97. The number of hydrogen-bond acceptors (Lipinski definition) is 5. The van der Waals surface area contributed by atoms with Crippen molar-refractivity contribution in [1.82, 2.24) is 0 Å². The Labute approximate surface area is 140 Å². The highest BCUT2D eigenvalue weighted by Gasteiger charge is 2.43. The molecule has 1 N–H and O–H groups in total. The van der Waals surface area contributed by atoms with Gasteiger partial charge in [0.05, 0.1) is 0 Å². The standard InChI is InChI=1S/C17H12F2O4S/c18-17(19,24-23-21)16(20)22-10-11-5-6-13-8-7-12-3-1-2-4-14(12)15(13)9-11/h1-9,21H,10H2. The van der Waals surface area contributed by atoms with Crippen LogP contribution in [0.1, 0.15) is 5.56 Å². The van der Waals surface area contributed by atoms with Crippen LogP contribution in [0.4, 0.5) is 8.78 Å². The van der Waals surface area contributed by atoms with Crippen LogP contribution < -0.4 is 0 Å². The average molecular weight is 350 g/mol. The minimum absolute atomic E-state index is 0.306. The number of ether oxygens (including phenoxy) is 1. The summed E-state index contributed by atoms with van der Waals surface area (Å²) >= 11 is -0.671. The second kappa shape index (κ2) is 6.72. The number of carbonyl (C=O) groups excluding carboxylic acids is 1. The van der Waals surface area contributed by atoms with Gasteiger partial charge in [-0.05, 0) is 33.2 Å². The van der Waals surface area contributed by atoms with Gasteiger partial charge in [0.2, 0.25) is 0 Å².